The fraction of sp³-hybridized carbons (Fsp3) is 0.556. The number of hydrogen-bond donors (Lipinski definition) is 1. The second-order valence-electron chi connectivity index (χ2n) is 6.36. The van der Waals surface area contributed by atoms with Gasteiger partial charge in [0.15, 0.2) is 0 Å². The van der Waals surface area contributed by atoms with Crippen LogP contribution in [0.1, 0.15) is 41.6 Å². The van der Waals surface area contributed by atoms with Crippen molar-refractivity contribution in [2.75, 3.05) is 6.54 Å². The number of nitrogens with one attached hydrogen (secondary N) is 1. The molecule has 3 rings (SSSR count). The van der Waals surface area contributed by atoms with Crippen molar-refractivity contribution in [3.05, 3.63) is 34.5 Å². The van der Waals surface area contributed by atoms with Gasteiger partial charge < -0.3 is 9.88 Å². The second-order valence-corrected chi connectivity index (χ2v) is 6.36. The Hall–Kier alpha value is -1.28. The van der Waals surface area contributed by atoms with Crippen molar-refractivity contribution in [2.24, 2.45) is 7.05 Å². The molecule has 20 heavy (non-hydrogen) atoms. The van der Waals surface area contributed by atoms with Gasteiger partial charge in [0.05, 0.1) is 5.52 Å². The molecule has 0 bridgehead atoms. The minimum absolute atomic E-state index is 0.827. The molecule has 0 radical (unpaired) electrons. The van der Waals surface area contributed by atoms with E-state index in [4.69, 9.17) is 0 Å². The van der Waals surface area contributed by atoms with E-state index < -0.39 is 0 Å². The van der Waals surface area contributed by atoms with Gasteiger partial charge in [0.25, 0.3) is 0 Å². The van der Waals surface area contributed by atoms with Crippen LogP contribution in [0.2, 0.25) is 0 Å². The SMILES string of the molecule is Cc1ccc2c(CCCNC3CC3)c(C)n(C)c2c1C. The largest absolute Gasteiger partial charge is 0.347 e. The maximum atomic E-state index is 3.61. The van der Waals surface area contributed by atoms with Crippen LogP contribution in [0.5, 0.6) is 0 Å². The summed E-state index contributed by atoms with van der Waals surface area (Å²) in [5.41, 5.74) is 7.21. The Balaban J connectivity index is 1.85. The summed E-state index contributed by atoms with van der Waals surface area (Å²) in [6.45, 7) is 7.87. The highest BCUT2D eigenvalue weighted by Gasteiger charge is 2.20. The Bertz CT molecular complexity index is 633. The first kappa shape index (κ1) is 13.7. The molecule has 1 aromatic carbocycles. The van der Waals surface area contributed by atoms with Crippen molar-refractivity contribution in [1.82, 2.24) is 9.88 Å². The molecule has 1 aromatic heterocycles. The number of aryl methyl sites for hydroxylation is 4. The molecule has 0 aliphatic heterocycles. The van der Waals surface area contributed by atoms with E-state index in [1.165, 1.54) is 53.4 Å². The summed E-state index contributed by atoms with van der Waals surface area (Å²) in [6.07, 6.45) is 5.19. The predicted molar refractivity (Wildman–Crippen MR) is 86.5 cm³/mol. The lowest BCUT2D eigenvalue weighted by atomic mass is 10.0. The predicted octanol–water partition coefficient (Wildman–Crippen LogP) is 3.79. The average Bonchev–Trinajstić information content (AvgIpc) is 3.21. The molecule has 0 amide bonds. The third-order valence-corrected chi connectivity index (χ3v) is 4.92. The van der Waals surface area contributed by atoms with Gasteiger partial charge in [-0.05, 0) is 69.7 Å². The zero-order valence-corrected chi connectivity index (χ0v) is 13.2. The summed E-state index contributed by atoms with van der Waals surface area (Å²) in [6, 6.07) is 5.41. The fourth-order valence-electron chi connectivity index (χ4n) is 3.22. The summed E-state index contributed by atoms with van der Waals surface area (Å²) in [4.78, 5) is 0. The van der Waals surface area contributed by atoms with E-state index in [-0.39, 0.29) is 0 Å². The lowest BCUT2D eigenvalue weighted by Gasteiger charge is -2.05. The molecule has 2 aromatic rings. The monoisotopic (exact) mass is 270 g/mol. The van der Waals surface area contributed by atoms with Crippen molar-refractivity contribution in [3.63, 3.8) is 0 Å². The molecule has 0 atom stereocenters. The smallest absolute Gasteiger partial charge is 0.0515 e. The molecule has 1 heterocycles. The van der Waals surface area contributed by atoms with Crippen molar-refractivity contribution < 1.29 is 0 Å². The molecule has 1 aliphatic rings. The number of rotatable bonds is 5. The first-order valence-electron chi connectivity index (χ1n) is 7.87. The van der Waals surface area contributed by atoms with Crippen LogP contribution in [0.3, 0.4) is 0 Å². The van der Waals surface area contributed by atoms with Crippen LogP contribution in [0.25, 0.3) is 10.9 Å². The molecule has 0 unspecified atom stereocenters. The molecule has 0 spiro atoms. The standard InChI is InChI=1S/C18H26N2/c1-12-7-10-17-16(6-5-11-19-15-8-9-15)14(3)20(4)18(17)13(12)2/h7,10,15,19H,5-6,8-9,11H2,1-4H3. The van der Waals surface area contributed by atoms with Crippen LogP contribution < -0.4 is 5.32 Å². The van der Waals surface area contributed by atoms with Gasteiger partial charge in [0, 0.05) is 24.2 Å². The van der Waals surface area contributed by atoms with Gasteiger partial charge in [0.2, 0.25) is 0 Å². The van der Waals surface area contributed by atoms with Gasteiger partial charge in [-0.1, -0.05) is 12.1 Å². The van der Waals surface area contributed by atoms with Gasteiger partial charge in [-0.3, -0.25) is 0 Å². The number of benzene rings is 1. The number of fused-ring (bicyclic) bond motifs is 1. The molecule has 1 aliphatic carbocycles. The van der Waals surface area contributed by atoms with Gasteiger partial charge >= 0.3 is 0 Å². The van der Waals surface area contributed by atoms with Crippen molar-refractivity contribution in [2.45, 2.75) is 52.5 Å². The van der Waals surface area contributed by atoms with Gasteiger partial charge in [-0.15, -0.1) is 0 Å². The van der Waals surface area contributed by atoms with Crippen molar-refractivity contribution in [3.8, 4) is 0 Å². The third kappa shape index (κ3) is 2.37. The maximum Gasteiger partial charge on any atom is 0.0515 e. The van der Waals surface area contributed by atoms with Crippen LogP contribution in [-0.2, 0) is 13.5 Å². The Morgan fingerprint density at radius 1 is 1.20 bits per heavy atom. The third-order valence-electron chi connectivity index (χ3n) is 4.92. The average molecular weight is 270 g/mol. The van der Waals surface area contributed by atoms with E-state index in [9.17, 15) is 0 Å². The summed E-state index contributed by atoms with van der Waals surface area (Å²) in [5.74, 6) is 0. The Kier molecular flexibility index (Phi) is 3.59. The van der Waals surface area contributed by atoms with Gasteiger partial charge in [-0.2, -0.15) is 0 Å². The molecule has 1 fully saturated rings. The molecular formula is C18H26N2. The highest BCUT2D eigenvalue weighted by atomic mass is 15.0. The molecule has 1 saturated carbocycles. The van der Waals surface area contributed by atoms with Crippen LogP contribution in [0.15, 0.2) is 12.1 Å². The van der Waals surface area contributed by atoms with Crippen LogP contribution >= 0.6 is 0 Å². The zero-order chi connectivity index (χ0) is 14.3. The van der Waals surface area contributed by atoms with E-state index >= 15 is 0 Å². The topological polar surface area (TPSA) is 17.0 Å². The second kappa shape index (κ2) is 5.25. The minimum atomic E-state index is 0.827. The van der Waals surface area contributed by atoms with Crippen molar-refractivity contribution >= 4 is 10.9 Å². The minimum Gasteiger partial charge on any atom is -0.347 e. The first-order valence-corrected chi connectivity index (χ1v) is 7.87. The number of hydrogen-bond acceptors (Lipinski definition) is 1. The lowest BCUT2D eigenvalue weighted by Crippen LogP contribution is -2.17. The summed E-state index contributed by atoms with van der Waals surface area (Å²) >= 11 is 0. The molecule has 1 N–H and O–H groups in total. The van der Waals surface area contributed by atoms with E-state index in [0.29, 0.717) is 0 Å². The first-order chi connectivity index (χ1) is 9.59. The Morgan fingerprint density at radius 3 is 2.65 bits per heavy atom. The van der Waals surface area contributed by atoms with Crippen molar-refractivity contribution in [1.29, 1.82) is 0 Å². The summed E-state index contributed by atoms with van der Waals surface area (Å²) in [7, 11) is 2.20. The van der Waals surface area contributed by atoms with Crippen LogP contribution in [0, 0.1) is 20.8 Å². The van der Waals surface area contributed by atoms with Crippen LogP contribution in [-0.4, -0.2) is 17.2 Å². The normalized spacial score (nSPS) is 15.2. The van der Waals surface area contributed by atoms with E-state index in [1.54, 1.807) is 5.56 Å². The zero-order valence-electron chi connectivity index (χ0n) is 13.2. The highest BCUT2D eigenvalue weighted by Crippen LogP contribution is 2.30. The summed E-state index contributed by atoms with van der Waals surface area (Å²) < 4.78 is 2.38. The lowest BCUT2D eigenvalue weighted by molar-refractivity contribution is 0.645. The number of nitrogens with zero attached hydrogens (tertiary/aromatic N) is 1. The molecule has 2 nitrogen and oxygen atoms in total. The van der Waals surface area contributed by atoms with E-state index in [2.05, 4.69) is 49.8 Å². The van der Waals surface area contributed by atoms with Gasteiger partial charge in [0.1, 0.15) is 0 Å². The number of aromatic nitrogens is 1. The van der Waals surface area contributed by atoms with E-state index in [1.807, 2.05) is 0 Å². The summed E-state index contributed by atoms with van der Waals surface area (Å²) in [5, 5.41) is 5.07. The molecule has 0 saturated heterocycles. The van der Waals surface area contributed by atoms with E-state index in [0.717, 1.165) is 12.6 Å². The Labute approximate surface area is 122 Å². The molecule has 2 heteroatoms. The maximum absolute atomic E-state index is 3.61. The quantitative estimate of drug-likeness (QED) is 0.818. The molecular weight excluding hydrogens is 244 g/mol. The van der Waals surface area contributed by atoms with Gasteiger partial charge in [-0.25, -0.2) is 0 Å². The van der Waals surface area contributed by atoms with Crippen LogP contribution in [0.4, 0.5) is 0 Å². The Morgan fingerprint density at radius 2 is 1.95 bits per heavy atom. The fourth-order valence-corrected chi connectivity index (χ4v) is 3.22. The molecule has 108 valence electrons. The highest BCUT2D eigenvalue weighted by molar-refractivity contribution is 5.89.